The van der Waals surface area contributed by atoms with Crippen LogP contribution < -0.4 is 10.2 Å². The van der Waals surface area contributed by atoms with Gasteiger partial charge in [-0.05, 0) is 37.8 Å². The number of aromatic nitrogens is 2. The predicted octanol–water partition coefficient (Wildman–Crippen LogP) is 3.74. The van der Waals surface area contributed by atoms with Crippen LogP contribution in [0.15, 0.2) is 36.7 Å². The van der Waals surface area contributed by atoms with Gasteiger partial charge in [0.25, 0.3) is 0 Å². The molecule has 3 aliphatic rings. The van der Waals surface area contributed by atoms with Crippen molar-refractivity contribution in [1.82, 2.24) is 9.97 Å². The molecule has 0 saturated carbocycles. The molecule has 0 amide bonds. The molecule has 3 heterocycles. The van der Waals surface area contributed by atoms with Gasteiger partial charge in [0.1, 0.15) is 18.0 Å². The first-order valence-electron chi connectivity index (χ1n) is 8.16. The minimum atomic E-state index is 0.376. The van der Waals surface area contributed by atoms with Gasteiger partial charge in [0.2, 0.25) is 0 Å². The Labute approximate surface area is 131 Å². The summed E-state index contributed by atoms with van der Waals surface area (Å²) in [6, 6.07) is 11.8. The quantitative estimate of drug-likeness (QED) is 0.936. The Kier molecular flexibility index (Phi) is 3.25. The lowest BCUT2D eigenvalue weighted by atomic mass is 9.75. The molecule has 2 bridgehead atoms. The molecule has 0 spiro atoms. The Balaban J connectivity index is 1.68. The van der Waals surface area contributed by atoms with Crippen LogP contribution in [0.2, 0.25) is 0 Å². The molecule has 1 aromatic heterocycles. The van der Waals surface area contributed by atoms with E-state index in [2.05, 4.69) is 64.4 Å². The summed E-state index contributed by atoms with van der Waals surface area (Å²) < 4.78 is 0. The third-order valence-corrected chi connectivity index (χ3v) is 4.76. The number of hydrogen-bond donors (Lipinski definition) is 1. The molecule has 0 radical (unpaired) electrons. The molecule has 1 fully saturated rings. The van der Waals surface area contributed by atoms with Crippen LogP contribution in [0.5, 0.6) is 0 Å². The second-order valence-electron chi connectivity index (χ2n) is 6.63. The van der Waals surface area contributed by atoms with Gasteiger partial charge in [-0.15, -0.1) is 0 Å². The highest BCUT2D eigenvalue weighted by molar-refractivity contribution is 5.54. The molecular formula is C18H22N4. The molecular weight excluding hydrogens is 272 g/mol. The highest BCUT2D eigenvalue weighted by Gasteiger charge is 2.38. The molecule has 4 heteroatoms. The van der Waals surface area contributed by atoms with E-state index in [-0.39, 0.29) is 0 Å². The van der Waals surface area contributed by atoms with Gasteiger partial charge in [-0.25, -0.2) is 9.97 Å². The minimum absolute atomic E-state index is 0.376. The van der Waals surface area contributed by atoms with Crippen molar-refractivity contribution >= 4 is 11.6 Å². The van der Waals surface area contributed by atoms with Gasteiger partial charge in [-0.3, -0.25) is 0 Å². The fourth-order valence-corrected chi connectivity index (χ4v) is 3.87. The van der Waals surface area contributed by atoms with Gasteiger partial charge in [-0.1, -0.05) is 24.3 Å². The van der Waals surface area contributed by atoms with Crippen molar-refractivity contribution in [3.63, 3.8) is 0 Å². The number of nitrogens with zero attached hydrogens (tertiary/aromatic N) is 3. The van der Waals surface area contributed by atoms with E-state index in [1.165, 1.54) is 18.4 Å². The van der Waals surface area contributed by atoms with E-state index in [1.807, 2.05) is 0 Å². The molecule has 2 aliphatic heterocycles. The molecule has 4 nitrogen and oxygen atoms in total. The summed E-state index contributed by atoms with van der Waals surface area (Å²) in [4.78, 5) is 11.3. The smallest absolute Gasteiger partial charge is 0.134 e. The highest BCUT2D eigenvalue weighted by atomic mass is 15.2. The second kappa shape index (κ2) is 5.27. The number of nitrogens with one attached hydrogen (secondary N) is 1. The van der Waals surface area contributed by atoms with Crippen LogP contribution in [-0.2, 0) is 0 Å². The summed E-state index contributed by atoms with van der Waals surface area (Å²) >= 11 is 0. The largest absolute Gasteiger partial charge is 0.368 e. The van der Waals surface area contributed by atoms with Crippen molar-refractivity contribution in [2.24, 2.45) is 0 Å². The fraction of sp³-hybridized carbons (Fsp3) is 0.444. The number of rotatable bonds is 3. The van der Waals surface area contributed by atoms with Gasteiger partial charge in [0, 0.05) is 24.6 Å². The fourth-order valence-electron chi connectivity index (χ4n) is 3.87. The summed E-state index contributed by atoms with van der Waals surface area (Å²) in [5, 5.41) is 3.37. The van der Waals surface area contributed by atoms with Gasteiger partial charge in [0.05, 0.1) is 6.04 Å². The average Bonchev–Trinajstić information content (AvgIpc) is 2.55. The maximum Gasteiger partial charge on any atom is 0.134 e. The summed E-state index contributed by atoms with van der Waals surface area (Å²) in [6.07, 6.45) is 4.19. The summed E-state index contributed by atoms with van der Waals surface area (Å²) in [6.45, 7) is 5.32. The van der Waals surface area contributed by atoms with Crippen molar-refractivity contribution in [3.8, 4) is 0 Å². The lowest BCUT2D eigenvalue weighted by Crippen LogP contribution is -2.42. The lowest BCUT2D eigenvalue weighted by molar-refractivity contribution is 0.387. The topological polar surface area (TPSA) is 41.0 Å². The Morgan fingerprint density at radius 2 is 1.95 bits per heavy atom. The standard InChI is InChI=1S/C18H22N4/c1-12(2)21-17-9-18(20-11-19-17)22-10-13-7-8-16(22)15-6-4-3-5-14(13)15/h3-6,9,11-13,16H,7-8,10H2,1-2H3,(H,19,20,21)/t13-,16+/m1/s1. The Morgan fingerprint density at radius 1 is 1.14 bits per heavy atom. The Morgan fingerprint density at radius 3 is 2.77 bits per heavy atom. The number of anilines is 2. The Bertz CT molecular complexity index is 682. The summed E-state index contributed by atoms with van der Waals surface area (Å²) in [5.74, 6) is 2.59. The van der Waals surface area contributed by atoms with Crippen LogP contribution >= 0.6 is 0 Å². The first-order chi connectivity index (χ1) is 10.7. The van der Waals surface area contributed by atoms with Crippen LogP contribution in [-0.4, -0.2) is 22.6 Å². The molecule has 114 valence electrons. The van der Waals surface area contributed by atoms with Crippen molar-refractivity contribution < 1.29 is 0 Å². The maximum absolute atomic E-state index is 4.54. The van der Waals surface area contributed by atoms with E-state index < -0.39 is 0 Å². The van der Waals surface area contributed by atoms with Gasteiger partial charge < -0.3 is 10.2 Å². The zero-order valence-corrected chi connectivity index (χ0v) is 13.2. The molecule has 1 N–H and O–H groups in total. The van der Waals surface area contributed by atoms with Gasteiger partial charge in [0.15, 0.2) is 0 Å². The number of benzene rings is 1. The van der Waals surface area contributed by atoms with Gasteiger partial charge >= 0.3 is 0 Å². The number of fused-ring (bicyclic) bond motifs is 2. The molecule has 1 aliphatic carbocycles. The first kappa shape index (κ1) is 13.6. The van der Waals surface area contributed by atoms with Crippen LogP contribution in [0.3, 0.4) is 0 Å². The summed E-state index contributed by atoms with van der Waals surface area (Å²) in [7, 11) is 0. The summed E-state index contributed by atoms with van der Waals surface area (Å²) in [5.41, 5.74) is 3.03. The van der Waals surface area contributed by atoms with E-state index in [0.717, 1.165) is 18.2 Å². The van der Waals surface area contributed by atoms with Crippen molar-refractivity contribution in [1.29, 1.82) is 0 Å². The molecule has 2 aromatic rings. The minimum Gasteiger partial charge on any atom is -0.368 e. The molecule has 1 saturated heterocycles. The Hall–Kier alpha value is -2.10. The average molecular weight is 294 g/mol. The van der Waals surface area contributed by atoms with Crippen LogP contribution in [0.4, 0.5) is 11.6 Å². The number of piperidine rings is 1. The molecule has 1 aromatic carbocycles. The zero-order valence-electron chi connectivity index (χ0n) is 13.2. The normalized spacial score (nSPS) is 22.8. The van der Waals surface area contributed by atoms with Crippen LogP contribution in [0, 0.1) is 0 Å². The molecule has 2 atom stereocenters. The third kappa shape index (κ3) is 2.23. The zero-order chi connectivity index (χ0) is 15.1. The molecule has 5 rings (SSSR count). The highest BCUT2D eigenvalue weighted by Crippen LogP contribution is 2.47. The van der Waals surface area contributed by atoms with Crippen molar-refractivity contribution in [3.05, 3.63) is 47.8 Å². The predicted molar refractivity (Wildman–Crippen MR) is 89.3 cm³/mol. The lowest BCUT2D eigenvalue weighted by Gasteiger charge is -2.47. The van der Waals surface area contributed by atoms with Crippen molar-refractivity contribution in [2.75, 3.05) is 16.8 Å². The van der Waals surface area contributed by atoms with E-state index in [1.54, 1.807) is 11.9 Å². The monoisotopic (exact) mass is 294 g/mol. The maximum atomic E-state index is 4.54. The van der Waals surface area contributed by atoms with E-state index in [4.69, 9.17) is 0 Å². The molecule has 22 heavy (non-hydrogen) atoms. The van der Waals surface area contributed by atoms with Crippen LogP contribution in [0.1, 0.15) is 49.8 Å². The van der Waals surface area contributed by atoms with E-state index >= 15 is 0 Å². The van der Waals surface area contributed by atoms with Gasteiger partial charge in [-0.2, -0.15) is 0 Å². The second-order valence-corrected chi connectivity index (χ2v) is 6.63. The van der Waals surface area contributed by atoms with E-state index in [9.17, 15) is 0 Å². The number of hydrogen-bond acceptors (Lipinski definition) is 4. The van der Waals surface area contributed by atoms with Crippen LogP contribution in [0.25, 0.3) is 0 Å². The third-order valence-electron chi connectivity index (χ3n) is 4.76. The van der Waals surface area contributed by atoms with Crippen molar-refractivity contribution in [2.45, 2.75) is 44.7 Å². The molecule has 0 unspecified atom stereocenters. The SMILES string of the molecule is CC(C)Nc1cc(N2C[C@H]3CC[C@H]2c2ccccc23)ncn1. The first-order valence-corrected chi connectivity index (χ1v) is 8.16. The van der Waals surface area contributed by atoms with E-state index in [0.29, 0.717) is 18.0 Å².